The Morgan fingerprint density at radius 2 is 1.20 bits per heavy atom. The zero-order valence-electron chi connectivity index (χ0n) is 31.4. The van der Waals surface area contributed by atoms with Crippen LogP contribution in [0.1, 0.15) is 50.1 Å². The molecule has 0 atom stereocenters. The first-order chi connectivity index (χ1) is 25.7. The number of hydrogen-bond donors (Lipinski definition) is 0. The third kappa shape index (κ3) is 5.18. The van der Waals surface area contributed by atoms with E-state index >= 15 is 0 Å². The van der Waals surface area contributed by atoms with Crippen molar-refractivity contribution in [1.29, 1.82) is 0 Å². The second kappa shape index (κ2) is 12.0. The van der Waals surface area contributed by atoms with E-state index in [4.69, 9.17) is 1.37 Å². The largest absolute Gasteiger partial charge is 0.314 e. The van der Waals surface area contributed by atoms with E-state index < -0.39 is 0 Å². The normalized spacial score (nSPS) is 14.1. The molecule has 0 unspecified atom stereocenters. The molecular formula is C49H40N2. The first kappa shape index (κ1) is 28.7. The summed E-state index contributed by atoms with van der Waals surface area (Å²) in [6.07, 6.45) is 0. The first-order valence-electron chi connectivity index (χ1n) is 18.7. The lowest BCUT2D eigenvalue weighted by Gasteiger charge is -2.26. The van der Waals surface area contributed by atoms with Crippen LogP contribution < -0.4 is 4.90 Å². The fraction of sp³-hybridized carbons (Fsp3) is 0.102. The molecule has 0 saturated heterocycles. The zero-order valence-corrected chi connectivity index (χ0v) is 29.4. The lowest BCUT2D eigenvalue weighted by molar-refractivity contribution is 0.659. The molecule has 1 aliphatic rings. The maximum atomic E-state index is 9.18. The van der Waals surface area contributed by atoms with E-state index in [9.17, 15) is 1.37 Å². The van der Waals surface area contributed by atoms with Crippen molar-refractivity contribution in [3.8, 4) is 16.8 Å². The van der Waals surface area contributed by atoms with Gasteiger partial charge < -0.3 is 9.47 Å². The van der Waals surface area contributed by atoms with Crippen LogP contribution in [-0.2, 0) is 5.41 Å². The number of nitrogens with zero attached hydrogens (tertiary/aromatic N) is 2. The smallest absolute Gasteiger partial charge is 0.0629 e. The summed E-state index contributed by atoms with van der Waals surface area (Å²) in [5.41, 5.74) is 14.4. The lowest BCUT2D eigenvalue weighted by atomic mass is 9.82. The van der Waals surface area contributed by atoms with Gasteiger partial charge in [-0.15, -0.1) is 0 Å². The fourth-order valence-electron chi connectivity index (χ4n) is 7.99. The van der Waals surface area contributed by atoms with Gasteiger partial charge in [0.1, 0.15) is 0 Å². The van der Waals surface area contributed by atoms with Crippen LogP contribution in [0, 0.1) is 13.8 Å². The van der Waals surface area contributed by atoms with Crippen LogP contribution in [0.2, 0.25) is 0 Å². The Hall–Kier alpha value is -6.12. The van der Waals surface area contributed by atoms with Gasteiger partial charge in [-0.25, -0.2) is 0 Å². The van der Waals surface area contributed by atoms with Crippen molar-refractivity contribution in [3.63, 3.8) is 0 Å². The molecule has 0 fully saturated rings. The van der Waals surface area contributed by atoms with Gasteiger partial charge in [0, 0.05) is 39.2 Å². The fourth-order valence-corrected chi connectivity index (χ4v) is 7.99. The molecule has 0 aliphatic heterocycles. The highest BCUT2D eigenvalue weighted by Crippen LogP contribution is 2.49. The Labute approximate surface area is 303 Å². The second-order valence-corrected chi connectivity index (χ2v) is 14.2. The SMILES string of the molecule is [2H]/C(=C(/[2H])c1ccc2c(c1)c(C)c(C)n2-c1ccc2c(c1)C(C)(C)c1ccccc1-2)c1ccc(N(c2ccccc2)c2ccc3ccccc3c2)cc1. The topological polar surface area (TPSA) is 8.17 Å². The molecule has 0 spiro atoms. The van der Waals surface area contributed by atoms with Crippen LogP contribution in [0.5, 0.6) is 0 Å². The molecule has 1 aliphatic carbocycles. The molecule has 9 rings (SSSR count). The summed E-state index contributed by atoms with van der Waals surface area (Å²) in [4.78, 5) is 2.23. The lowest BCUT2D eigenvalue weighted by Crippen LogP contribution is -2.15. The van der Waals surface area contributed by atoms with E-state index in [1.54, 1.807) is 0 Å². The van der Waals surface area contributed by atoms with Crippen LogP contribution in [0.4, 0.5) is 17.1 Å². The molecule has 246 valence electrons. The minimum atomic E-state index is -0.0784. The Morgan fingerprint density at radius 1 is 0.549 bits per heavy atom. The highest BCUT2D eigenvalue weighted by Gasteiger charge is 2.35. The average molecular weight is 659 g/mol. The summed E-state index contributed by atoms with van der Waals surface area (Å²) in [5, 5.41) is 3.48. The molecule has 8 aromatic rings. The summed E-state index contributed by atoms with van der Waals surface area (Å²) >= 11 is 0. The molecule has 7 aromatic carbocycles. The van der Waals surface area contributed by atoms with Crippen molar-refractivity contribution in [3.05, 3.63) is 191 Å². The average Bonchev–Trinajstić information content (AvgIpc) is 3.59. The van der Waals surface area contributed by atoms with Crippen molar-refractivity contribution < 1.29 is 2.74 Å². The number of aromatic nitrogens is 1. The summed E-state index contributed by atoms with van der Waals surface area (Å²) in [7, 11) is 0. The number of hydrogen-bond acceptors (Lipinski definition) is 1. The van der Waals surface area contributed by atoms with E-state index in [-0.39, 0.29) is 17.5 Å². The first-order valence-corrected chi connectivity index (χ1v) is 17.7. The van der Waals surface area contributed by atoms with Crippen LogP contribution in [-0.4, -0.2) is 4.57 Å². The van der Waals surface area contributed by atoms with Crippen molar-refractivity contribution >= 4 is 50.8 Å². The third-order valence-corrected chi connectivity index (χ3v) is 10.8. The Morgan fingerprint density at radius 3 is 2.02 bits per heavy atom. The third-order valence-electron chi connectivity index (χ3n) is 10.8. The van der Waals surface area contributed by atoms with Crippen molar-refractivity contribution in [2.75, 3.05) is 4.90 Å². The minimum absolute atomic E-state index is 0.0784. The monoisotopic (exact) mass is 658 g/mol. The number of anilines is 3. The molecule has 0 saturated carbocycles. The van der Waals surface area contributed by atoms with Gasteiger partial charge in [-0.3, -0.25) is 0 Å². The highest BCUT2D eigenvalue weighted by molar-refractivity contribution is 5.92. The van der Waals surface area contributed by atoms with Crippen molar-refractivity contribution in [2.24, 2.45) is 0 Å². The molecule has 0 bridgehead atoms. The molecule has 2 heteroatoms. The number of aryl methyl sites for hydroxylation is 1. The summed E-state index contributed by atoms with van der Waals surface area (Å²) in [6.45, 7) is 8.97. The predicted molar refractivity (Wildman–Crippen MR) is 218 cm³/mol. The Balaban J connectivity index is 1.06. The van der Waals surface area contributed by atoms with E-state index in [2.05, 4.69) is 158 Å². The molecule has 0 radical (unpaired) electrons. The van der Waals surface area contributed by atoms with Crippen LogP contribution >= 0.6 is 0 Å². The van der Waals surface area contributed by atoms with Gasteiger partial charge >= 0.3 is 0 Å². The molecule has 51 heavy (non-hydrogen) atoms. The standard InChI is InChI=1S/C49H40N2/c1-33-34(2)50(42-27-28-44-43-16-10-11-17-46(43)49(3,4)47(44)32-42)48-29-22-36(30-45(33)48)19-18-35-20-24-40(25-21-35)51(39-14-6-5-7-15-39)41-26-23-37-12-8-9-13-38(37)31-41/h5-32H,1-4H3/b19-18+/i18D,19D. The molecule has 1 aromatic heterocycles. The Bertz CT molecular complexity index is 2740. The summed E-state index contributed by atoms with van der Waals surface area (Å²) in [6, 6.07) is 55.5. The quantitative estimate of drug-likeness (QED) is 0.161. The van der Waals surface area contributed by atoms with Gasteiger partial charge in [-0.2, -0.15) is 0 Å². The number of benzene rings is 7. The maximum absolute atomic E-state index is 9.18. The van der Waals surface area contributed by atoms with Gasteiger partial charge in [-0.1, -0.05) is 123 Å². The number of para-hydroxylation sites is 1. The predicted octanol–water partition coefficient (Wildman–Crippen LogP) is 13.3. The molecular weight excluding hydrogens is 617 g/mol. The van der Waals surface area contributed by atoms with Gasteiger partial charge in [0.15, 0.2) is 0 Å². The maximum Gasteiger partial charge on any atom is 0.0629 e. The zero-order chi connectivity index (χ0) is 36.4. The summed E-state index contributed by atoms with van der Waals surface area (Å²) < 4.78 is 20.7. The van der Waals surface area contributed by atoms with Crippen molar-refractivity contribution in [2.45, 2.75) is 33.1 Å². The van der Waals surface area contributed by atoms with E-state index in [0.29, 0.717) is 5.56 Å². The molecule has 2 nitrogen and oxygen atoms in total. The summed E-state index contributed by atoms with van der Waals surface area (Å²) in [5.74, 6) is 0. The Kier molecular flexibility index (Phi) is 6.77. The van der Waals surface area contributed by atoms with Crippen molar-refractivity contribution in [1.82, 2.24) is 4.57 Å². The number of fused-ring (bicyclic) bond motifs is 5. The van der Waals surface area contributed by atoms with Crippen LogP contribution in [0.15, 0.2) is 158 Å². The van der Waals surface area contributed by atoms with Gasteiger partial charge in [-0.05, 0) is 124 Å². The second-order valence-electron chi connectivity index (χ2n) is 14.2. The van der Waals surface area contributed by atoms with E-state index in [1.807, 2.05) is 36.4 Å². The van der Waals surface area contributed by atoms with Crippen LogP contribution in [0.3, 0.4) is 0 Å². The van der Waals surface area contributed by atoms with Gasteiger partial charge in [0.25, 0.3) is 0 Å². The van der Waals surface area contributed by atoms with E-state index in [0.717, 1.165) is 39.2 Å². The highest BCUT2D eigenvalue weighted by atomic mass is 15.1. The van der Waals surface area contributed by atoms with Gasteiger partial charge in [0.2, 0.25) is 0 Å². The van der Waals surface area contributed by atoms with Gasteiger partial charge in [0.05, 0.1) is 8.26 Å². The molecule has 0 N–H and O–H groups in total. The van der Waals surface area contributed by atoms with E-state index in [1.165, 1.54) is 44.3 Å². The van der Waals surface area contributed by atoms with Crippen LogP contribution in [0.25, 0.3) is 50.6 Å². The molecule has 0 amide bonds. The number of rotatable bonds is 6. The minimum Gasteiger partial charge on any atom is -0.314 e. The molecule has 1 heterocycles.